The fourth-order valence-corrected chi connectivity index (χ4v) is 2.86. The number of carbonyl (C=O) groups excluding carboxylic acids is 1. The lowest BCUT2D eigenvalue weighted by Gasteiger charge is -2.19. The monoisotopic (exact) mass is 356 g/mol. The van der Waals surface area contributed by atoms with Crippen LogP contribution in [-0.2, 0) is 4.74 Å². The first kappa shape index (κ1) is 18.9. The van der Waals surface area contributed by atoms with Crippen molar-refractivity contribution < 1.29 is 9.53 Å². The van der Waals surface area contributed by atoms with Gasteiger partial charge in [0.05, 0.1) is 18.7 Å². The number of esters is 1. The normalized spacial score (nSPS) is 11.6. The first-order valence-electron chi connectivity index (χ1n) is 8.16. The zero-order valence-corrected chi connectivity index (χ0v) is 16.1. The highest BCUT2D eigenvalue weighted by Crippen LogP contribution is 2.21. The first-order chi connectivity index (χ1) is 11.8. The number of aryl methyl sites for hydroxylation is 2. The molecule has 2 rings (SSSR count). The van der Waals surface area contributed by atoms with Gasteiger partial charge >= 0.3 is 5.97 Å². The number of thiocarbonyl (C=S) groups is 1. The summed E-state index contributed by atoms with van der Waals surface area (Å²) < 4.78 is 4.81. The first-order valence-corrected chi connectivity index (χ1v) is 8.57. The van der Waals surface area contributed by atoms with Gasteiger partial charge in [0.15, 0.2) is 5.11 Å². The molecular weight excluding hydrogens is 332 g/mol. The van der Waals surface area contributed by atoms with Crippen LogP contribution < -0.4 is 10.6 Å². The van der Waals surface area contributed by atoms with Gasteiger partial charge in [-0.25, -0.2) is 4.79 Å². The van der Waals surface area contributed by atoms with Crippen LogP contribution in [0.5, 0.6) is 0 Å². The maximum atomic E-state index is 11.8. The van der Waals surface area contributed by atoms with Crippen LogP contribution in [0.15, 0.2) is 36.4 Å². The van der Waals surface area contributed by atoms with E-state index in [1.165, 1.54) is 23.8 Å². The number of methoxy groups -OCH3 is 1. The Bertz CT molecular complexity index is 802. The van der Waals surface area contributed by atoms with E-state index in [1.54, 1.807) is 12.1 Å². The van der Waals surface area contributed by atoms with Crippen LogP contribution in [0.25, 0.3) is 0 Å². The maximum absolute atomic E-state index is 11.8. The van der Waals surface area contributed by atoms with Gasteiger partial charge < -0.3 is 15.4 Å². The van der Waals surface area contributed by atoms with Gasteiger partial charge in [-0.3, -0.25) is 0 Å². The minimum atomic E-state index is -0.358. The second kappa shape index (κ2) is 8.12. The zero-order valence-electron chi connectivity index (χ0n) is 15.3. The molecule has 4 nitrogen and oxygen atoms in total. The van der Waals surface area contributed by atoms with Gasteiger partial charge in [0.25, 0.3) is 0 Å². The molecule has 0 fully saturated rings. The van der Waals surface area contributed by atoms with E-state index in [-0.39, 0.29) is 12.0 Å². The Morgan fingerprint density at radius 1 is 1.12 bits per heavy atom. The van der Waals surface area contributed by atoms with Crippen molar-refractivity contribution in [3.05, 3.63) is 64.2 Å². The van der Waals surface area contributed by atoms with Gasteiger partial charge in [0.1, 0.15) is 0 Å². The summed E-state index contributed by atoms with van der Waals surface area (Å²) in [5.74, 6) is -0.358. The topological polar surface area (TPSA) is 50.4 Å². The molecule has 0 heterocycles. The summed E-state index contributed by atoms with van der Waals surface area (Å²) in [7, 11) is 1.37. The fraction of sp³-hybridized carbons (Fsp3) is 0.300. The second-order valence-electron chi connectivity index (χ2n) is 6.13. The molecule has 0 aromatic heterocycles. The zero-order chi connectivity index (χ0) is 18.6. The smallest absolute Gasteiger partial charge is 0.338 e. The van der Waals surface area contributed by atoms with Gasteiger partial charge in [-0.15, -0.1) is 0 Å². The molecule has 0 bridgehead atoms. The van der Waals surface area contributed by atoms with Crippen molar-refractivity contribution in [2.45, 2.75) is 33.7 Å². The Kier molecular flexibility index (Phi) is 6.15. The number of benzene rings is 2. The number of ether oxygens (including phenoxy) is 1. The van der Waals surface area contributed by atoms with E-state index in [1.807, 2.05) is 13.0 Å². The summed E-state index contributed by atoms with van der Waals surface area (Å²) in [4.78, 5) is 11.8. The third kappa shape index (κ3) is 4.57. The number of anilines is 1. The molecule has 2 N–H and O–H groups in total. The Morgan fingerprint density at radius 2 is 1.84 bits per heavy atom. The minimum absolute atomic E-state index is 0.0726. The molecular formula is C20H24N2O2S. The molecule has 0 aliphatic heterocycles. The Morgan fingerprint density at radius 3 is 2.48 bits per heavy atom. The molecule has 5 heteroatoms. The van der Waals surface area contributed by atoms with E-state index < -0.39 is 0 Å². The third-order valence-electron chi connectivity index (χ3n) is 4.37. The van der Waals surface area contributed by atoms with E-state index in [2.05, 4.69) is 49.6 Å². The van der Waals surface area contributed by atoms with Gasteiger partial charge in [0.2, 0.25) is 0 Å². The summed E-state index contributed by atoms with van der Waals surface area (Å²) >= 11 is 5.43. The molecule has 0 amide bonds. The standard InChI is InChI=1S/C20H24N2O2S/c1-12-9-10-16(11-13(12)2)15(4)21-20(25)22-18-8-6-7-17(14(18)3)19(23)24-5/h6-11,15H,1-5H3,(H2,21,22,25)/t15-/m1/s1. The highest BCUT2D eigenvalue weighted by atomic mass is 32.1. The van der Waals surface area contributed by atoms with E-state index in [0.717, 1.165) is 11.3 Å². The number of nitrogens with one attached hydrogen (secondary N) is 2. The van der Waals surface area contributed by atoms with E-state index in [4.69, 9.17) is 17.0 Å². The van der Waals surface area contributed by atoms with Crippen LogP contribution in [0, 0.1) is 20.8 Å². The number of carbonyl (C=O) groups is 1. The molecule has 0 spiro atoms. The van der Waals surface area contributed by atoms with Gasteiger partial charge in [-0.1, -0.05) is 24.3 Å². The summed E-state index contributed by atoms with van der Waals surface area (Å²) in [6, 6.07) is 11.9. The second-order valence-corrected chi connectivity index (χ2v) is 6.54. The number of hydrogen-bond donors (Lipinski definition) is 2. The lowest BCUT2D eigenvalue weighted by atomic mass is 10.0. The largest absolute Gasteiger partial charge is 0.465 e. The molecule has 0 saturated carbocycles. The van der Waals surface area contributed by atoms with Crippen LogP contribution in [0.1, 0.15) is 45.6 Å². The lowest BCUT2D eigenvalue weighted by Crippen LogP contribution is -2.31. The highest BCUT2D eigenvalue weighted by molar-refractivity contribution is 7.80. The third-order valence-corrected chi connectivity index (χ3v) is 4.59. The molecule has 25 heavy (non-hydrogen) atoms. The minimum Gasteiger partial charge on any atom is -0.465 e. The van der Waals surface area contributed by atoms with Crippen LogP contribution in [-0.4, -0.2) is 18.2 Å². The molecule has 1 atom stereocenters. The fourth-order valence-electron chi connectivity index (χ4n) is 2.57. The molecule has 0 aliphatic rings. The molecule has 132 valence electrons. The van der Waals surface area contributed by atoms with E-state index >= 15 is 0 Å². The highest BCUT2D eigenvalue weighted by Gasteiger charge is 2.13. The quantitative estimate of drug-likeness (QED) is 0.626. The predicted octanol–water partition coefficient (Wildman–Crippen LogP) is 4.45. The summed E-state index contributed by atoms with van der Waals surface area (Å²) in [6.07, 6.45) is 0. The van der Waals surface area contributed by atoms with Crippen molar-refractivity contribution in [1.29, 1.82) is 0 Å². The van der Waals surface area contributed by atoms with Crippen molar-refractivity contribution in [2.75, 3.05) is 12.4 Å². The predicted molar refractivity (Wildman–Crippen MR) is 106 cm³/mol. The summed E-state index contributed by atoms with van der Waals surface area (Å²) in [5, 5.41) is 6.96. The van der Waals surface area contributed by atoms with Gasteiger partial charge in [-0.05, 0) is 74.3 Å². The molecule has 2 aromatic carbocycles. The van der Waals surface area contributed by atoms with Gasteiger partial charge in [-0.2, -0.15) is 0 Å². The average molecular weight is 356 g/mol. The summed E-state index contributed by atoms with van der Waals surface area (Å²) in [6.45, 7) is 8.13. The van der Waals surface area contributed by atoms with Crippen LogP contribution in [0.4, 0.5) is 5.69 Å². The average Bonchev–Trinajstić information content (AvgIpc) is 2.58. The van der Waals surface area contributed by atoms with Crippen molar-refractivity contribution in [3.63, 3.8) is 0 Å². The Hall–Kier alpha value is -2.40. The number of rotatable bonds is 4. The Labute approximate surface area is 154 Å². The van der Waals surface area contributed by atoms with Crippen LogP contribution >= 0.6 is 12.2 Å². The van der Waals surface area contributed by atoms with Gasteiger partial charge in [0, 0.05) is 5.69 Å². The molecule has 0 saturated heterocycles. The lowest BCUT2D eigenvalue weighted by molar-refractivity contribution is 0.0600. The molecule has 2 aromatic rings. The number of hydrogen-bond acceptors (Lipinski definition) is 3. The maximum Gasteiger partial charge on any atom is 0.338 e. The van der Waals surface area contributed by atoms with E-state index in [9.17, 15) is 4.79 Å². The van der Waals surface area contributed by atoms with Crippen molar-refractivity contribution >= 4 is 29.0 Å². The van der Waals surface area contributed by atoms with Crippen LogP contribution in [0.2, 0.25) is 0 Å². The molecule has 0 unspecified atom stereocenters. The SMILES string of the molecule is COC(=O)c1cccc(NC(=S)N[C@H](C)c2ccc(C)c(C)c2)c1C. The van der Waals surface area contributed by atoms with Crippen molar-refractivity contribution in [2.24, 2.45) is 0 Å². The van der Waals surface area contributed by atoms with E-state index in [0.29, 0.717) is 10.7 Å². The van der Waals surface area contributed by atoms with Crippen molar-refractivity contribution in [3.8, 4) is 0 Å². The van der Waals surface area contributed by atoms with Crippen molar-refractivity contribution in [1.82, 2.24) is 5.32 Å². The molecule has 0 radical (unpaired) electrons. The molecule has 0 aliphatic carbocycles. The summed E-state index contributed by atoms with van der Waals surface area (Å²) in [5.41, 5.74) is 5.81. The Balaban J connectivity index is 2.09. The van der Waals surface area contributed by atoms with Crippen LogP contribution in [0.3, 0.4) is 0 Å².